The van der Waals surface area contributed by atoms with E-state index < -0.39 is 35.4 Å². The number of esters is 1. The number of carbonyl (C=O) groups excluding carboxylic acids is 3. The third-order valence-corrected chi connectivity index (χ3v) is 2.75. The zero-order chi connectivity index (χ0) is 18.7. The van der Waals surface area contributed by atoms with Crippen LogP contribution in [0.1, 0.15) is 41.5 Å². The second-order valence-corrected chi connectivity index (χ2v) is 7.28. The number of carbonyl (C=O) groups is 3. The van der Waals surface area contributed by atoms with Gasteiger partial charge in [-0.1, -0.05) is 12.2 Å². The Morgan fingerprint density at radius 3 is 1.92 bits per heavy atom. The summed E-state index contributed by atoms with van der Waals surface area (Å²) in [5.41, 5.74) is -1.54. The van der Waals surface area contributed by atoms with Gasteiger partial charge in [-0.05, 0) is 41.5 Å². The van der Waals surface area contributed by atoms with E-state index in [2.05, 4.69) is 0 Å². The Kier molecular flexibility index (Phi) is 5.86. The normalized spacial score (nSPS) is 18.2. The van der Waals surface area contributed by atoms with Crippen LogP contribution in [0.15, 0.2) is 12.2 Å². The minimum absolute atomic E-state index is 0.0711. The molecular formula is C16H26N2O6. The molecule has 1 heterocycles. The molecule has 136 valence electrons. The second kappa shape index (κ2) is 7.11. The van der Waals surface area contributed by atoms with Gasteiger partial charge in [0.05, 0.1) is 13.7 Å². The molecule has 0 spiro atoms. The molecule has 0 N–H and O–H groups in total. The van der Waals surface area contributed by atoms with E-state index in [0.717, 1.165) is 10.0 Å². The Labute approximate surface area is 142 Å². The fraction of sp³-hybridized carbons (Fsp3) is 0.688. The molecule has 1 aliphatic rings. The molecule has 0 aliphatic carbocycles. The van der Waals surface area contributed by atoms with Crippen molar-refractivity contribution in [3.8, 4) is 0 Å². The van der Waals surface area contributed by atoms with Crippen molar-refractivity contribution in [2.45, 2.75) is 58.8 Å². The Bertz CT molecular complexity index is 530. The van der Waals surface area contributed by atoms with Gasteiger partial charge in [-0.15, -0.1) is 0 Å². The average Bonchev–Trinajstić information content (AvgIpc) is 2.41. The number of methoxy groups -OCH3 is 1. The number of hydrogen-bond acceptors (Lipinski definition) is 6. The molecule has 0 fully saturated rings. The quantitative estimate of drug-likeness (QED) is 0.413. The van der Waals surface area contributed by atoms with E-state index >= 15 is 0 Å². The Balaban J connectivity index is 3.15. The van der Waals surface area contributed by atoms with E-state index in [9.17, 15) is 14.4 Å². The number of amides is 2. The van der Waals surface area contributed by atoms with Crippen molar-refractivity contribution in [1.82, 2.24) is 10.0 Å². The number of hydrazine groups is 1. The van der Waals surface area contributed by atoms with Crippen molar-refractivity contribution in [3.05, 3.63) is 12.2 Å². The maximum Gasteiger partial charge on any atom is 0.430 e. The zero-order valence-corrected chi connectivity index (χ0v) is 15.3. The number of ether oxygens (including phenoxy) is 3. The third-order valence-electron chi connectivity index (χ3n) is 2.75. The summed E-state index contributed by atoms with van der Waals surface area (Å²) in [5.74, 6) is -0.689. The van der Waals surface area contributed by atoms with Gasteiger partial charge in [0.1, 0.15) is 11.2 Å². The predicted molar refractivity (Wildman–Crippen MR) is 86.0 cm³/mol. The lowest BCUT2D eigenvalue weighted by atomic mass is 10.2. The van der Waals surface area contributed by atoms with Gasteiger partial charge in [0, 0.05) is 0 Å². The molecule has 8 nitrogen and oxygen atoms in total. The van der Waals surface area contributed by atoms with Crippen molar-refractivity contribution in [2.75, 3.05) is 13.7 Å². The van der Waals surface area contributed by atoms with Crippen LogP contribution < -0.4 is 0 Å². The highest BCUT2D eigenvalue weighted by Crippen LogP contribution is 2.21. The zero-order valence-electron chi connectivity index (χ0n) is 15.3. The van der Waals surface area contributed by atoms with Crippen molar-refractivity contribution in [1.29, 1.82) is 0 Å². The molecule has 1 atom stereocenters. The van der Waals surface area contributed by atoms with Crippen LogP contribution in [0.4, 0.5) is 9.59 Å². The summed E-state index contributed by atoms with van der Waals surface area (Å²) in [7, 11) is 1.20. The summed E-state index contributed by atoms with van der Waals surface area (Å²) in [4.78, 5) is 37.0. The van der Waals surface area contributed by atoms with Crippen molar-refractivity contribution < 1.29 is 28.6 Å². The monoisotopic (exact) mass is 342 g/mol. The molecule has 1 aliphatic heterocycles. The molecule has 2 amide bonds. The SMILES string of the molecule is COC(=O)C1C=CCN(C(=O)OC(C)(C)C)N1C(=O)OC(C)(C)C. The largest absolute Gasteiger partial charge is 0.467 e. The maximum absolute atomic E-state index is 12.5. The van der Waals surface area contributed by atoms with E-state index in [-0.39, 0.29) is 6.54 Å². The molecule has 1 unspecified atom stereocenters. The van der Waals surface area contributed by atoms with Crippen molar-refractivity contribution >= 4 is 18.2 Å². The molecule has 0 bridgehead atoms. The summed E-state index contributed by atoms with van der Waals surface area (Å²) < 4.78 is 15.3. The first-order valence-corrected chi connectivity index (χ1v) is 7.63. The smallest absolute Gasteiger partial charge is 0.430 e. The molecule has 24 heavy (non-hydrogen) atoms. The van der Waals surface area contributed by atoms with Crippen LogP contribution in [0, 0.1) is 0 Å². The molecule has 0 saturated heterocycles. The van der Waals surface area contributed by atoms with Crippen molar-refractivity contribution in [2.24, 2.45) is 0 Å². The fourth-order valence-corrected chi connectivity index (χ4v) is 1.91. The van der Waals surface area contributed by atoms with E-state index in [4.69, 9.17) is 14.2 Å². The Morgan fingerprint density at radius 2 is 1.46 bits per heavy atom. The number of nitrogens with zero attached hydrogens (tertiary/aromatic N) is 2. The summed E-state index contributed by atoms with van der Waals surface area (Å²) >= 11 is 0. The van der Waals surface area contributed by atoms with Crippen molar-refractivity contribution in [3.63, 3.8) is 0 Å². The Morgan fingerprint density at radius 1 is 0.958 bits per heavy atom. The topological polar surface area (TPSA) is 85.4 Å². The third kappa shape index (κ3) is 5.43. The molecule has 0 radical (unpaired) electrons. The van der Waals surface area contributed by atoms with Gasteiger partial charge >= 0.3 is 18.2 Å². The lowest BCUT2D eigenvalue weighted by Crippen LogP contribution is -2.60. The van der Waals surface area contributed by atoms with Crippen LogP contribution in [0.25, 0.3) is 0 Å². The standard InChI is InChI=1S/C16H26N2O6/c1-15(2,3)23-13(20)17-10-8-9-11(12(19)22-7)18(17)14(21)24-16(4,5)6/h8-9,11H,10H2,1-7H3. The van der Waals surface area contributed by atoms with Gasteiger partial charge in [-0.3, -0.25) is 0 Å². The summed E-state index contributed by atoms with van der Waals surface area (Å²) in [5, 5.41) is 1.95. The van der Waals surface area contributed by atoms with Crippen LogP contribution >= 0.6 is 0 Å². The van der Waals surface area contributed by atoms with E-state index in [1.165, 1.54) is 13.2 Å². The van der Waals surface area contributed by atoms with E-state index in [0.29, 0.717) is 0 Å². The lowest BCUT2D eigenvalue weighted by molar-refractivity contribution is -0.151. The second-order valence-electron chi connectivity index (χ2n) is 7.28. The van der Waals surface area contributed by atoms with Gasteiger partial charge in [0.25, 0.3) is 0 Å². The van der Waals surface area contributed by atoms with E-state index in [1.54, 1.807) is 47.6 Å². The van der Waals surface area contributed by atoms with Crippen LogP contribution in [0.2, 0.25) is 0 Å². The summed E-state index contributed by atoms with van der Waals surface area (Å²) in [6, 6.07) is -1.11. The summed E-state index contributed by atoms with van der Waals surface area (Å²) in [6.07, 6.45) is 1.47. The Hall–Kier alpha value is -2.25. The minimum atomic E-state index is -1.11. The number of hydrogen-bond donors (Lipinski definition) is 0. The molecule has 8 heteroatoms. The highest BCUT2D eigenvalue weighted by molar-refractivity contribution is 5.85. The molecule has 0 aromatic heterocycles. The van der Waals surface area contributed by atoms with Crippen LogP contribution in [0.3, 0.4) is 0 Å². The first kappa shape index (κ1) is 19.8. The number of rotatable bonds is 1. The fourth-order valence-electron chi connectivity index (χ4n) is 1.91. The van der Waals surface area contributed by atoms with Crippen LogP contribution in [-0.4, -0.2) is 59.1 Å². The molecule has 0 aromatic rings. The highest BCUT2D eigenvalue weighted by atomic mass is 16.6. The van der Waals surface area contributed by atoms with Gasteiger partial charge in [0.15, 0.2) is 6.04 Å². The van der Waals surface area contributed by atoms with Gasteiger partial charge in [0.2, 0.25) is 0 Å². The van der Waals surface area contributed by atoms with Crippen LogP contribution in [-0.2, 0) is 19.0 Å². The van der Waals surface area contributed by atoms with Crippen LogP contribution in [0.5, 0.6) is 0 Å². The van der Waals surface area contributed by atoms with Gasteiger partial charge < -0.3 is 14.2 Å². The average molecular weight is 342 g/mol. The van der Waals surface area contributed by atoms with E-state index in [1.807, 2.05) is 0 Å². The van der Waals surface area contributed by atoms with Gasteiger partial charge in [-0.25, -0.2) is 19.4 Å². The maximum atomic E-state index is 12.5. The van der Waals surface area contributed by atoms with Gasteiger partial charge in [-0.2, -0.15) is 5.01 Å². The lowest BCUT2D eigenvalue weighted by Gasteiger charge is -2.40. The predicted octanol–water partition coefficient (Wildman–Crippen LogP) is 2.49. The molecular weight excluding hydrogens is 316 g/mol. The molecule has 0 saturated carbocycles. The highest BCUT2D eigenvalue weighted by Gasteiger charge is 2.41. The minimum Gasteiger partial charge on any atom is -0.467 e. The molecule has 0 aromatic carbocycles. The first-order valence-electron chi connectivity index (χ1n) is 7.63. The first-order chi connectivity index (χ1) is 10.9. The summed E-state index contributed by atoms with van der Waals surface area (Å²) in [6.45, 7) is 10.3. The molecule has 1 rings (SSSR count).